The molecular weight excluding hydrogens is 1100 g/mol. The minimum Gasteiger partial charge on any atom is -0.423 e. The molecule has 76 heavy (non-hydrogen) atoms. The van der Waals surface area contributed by atoms with Crippen molar-refractivity contribution in [3.8, 4) is 55.6 Å². The Kier molecular flexibility index (Phi) is 20.8. The second-order valence-electron chi connectivity index (χ2n) is 19.3. The lowest BCUT2D eigenvalue weighted by molar-refractivity contribution is 0.425. The molecule has 0 amide bonds. The summed E-state index contributed by atoms with van der Waals surface area (Å²) in [5, 5.41) is 18.0. The van der Waals surface area contributed by atoms with Crippen molar-refractivity contribution in [2.45, 2.75) is 87.0 Å². The molecule has 0 aliphatic heterocycles. The van der Waals surface area contributed by atoms with E-state index in [1.165, 1.54) is 54.6 Å². The first-order valence-electron chi connectivity index (χ1n) is 25.1. The van der Waals surface area contributed by atoms with Crippen molar-refractivity contribution in [2.24, 2.45) is 11.8 Å². The van der Waals surface area contributed by atoms with E-state index >= 15 is 8.78 Å². The van der Waals surface area contributed by atoms with Crippen molar-refractivity contribution in [2.75, 3.05) is 0 Å². The largest absolute Gasteiger partial charge is 0.488 e. The zero-order chi connectivity index (χ0) is 55.5. The molecule has 8 aromatic rings. The van der Waals surface area contributed by atoms with Crippen molar-refractivity contribution >= 4 is 35.2 Å². The Bertz CT molecular complexity index is 3240. The molecule has 0 saturated heterocycles. The first kappa shape index (κ1) is 59.1. The van der Waals surface area contributed by atoms with Crippen LogP contribution in [0.25, 0.3) is 55.6 Å². The van der Waals surface area contributed by atoms with Crippen LogP contribution in [0.3, 0.4) is 0 Å². The van der Waals surface area contributed by atoms with Crippen molar-refractivity contribution in [3.63, 3.8) is 0 Å². The standard InChI is InChI=1S/C31H27F5.C19H12F3I.C13H20BFO2/c1-4-18(2)7-11-26-28(33)16-22(17-29(26)34)23-13-14-25(31(36)30(23)35)24-12-10-21(15-27(24)32)20-8-5-19(3)6-9-20;1-11-2-4-12(5-3-11)13-6-7-14(16(20)10-13)15-8-9-17(23)19(22)18(15)21;1-4-9(2)5-6-12-10(3)7-11(14(16)17)8-13(12)15/h5-6,8-10,12-18H,4,7,11H2,1-3H3;2-10H,1H3;7-9,16-17H,4-6H2,1-3H3/t18-;;9-/m0.0/s1. The van der Waals surface area contributed by atoms with Gasteiger partial charge in [-0.25, -0.2) is 39.5 Å². The quantitative estimate of drug-likeness (QED) is 0.0493. The fraction of sp³-hybridized carbons (Fsp3) is 0.238. The van der Waals surface area contributed by atoms with E-state index in [9.17, 15) is 30.7 Å². The van der Waals surface area contributed by atoms with Crippen LogP contribution in [0, 0.1) is 88.5 Å². The number of aryl methyl sites for hydroxylation is 3. The number of benzene rings is 8. The second kappa shape index (κ2) is 26.7. The first-order chi connectivity index (χ1) is 36.1. The lowest BCUT2D eigenvalue weighted by Crippen LogP contribution is -2.30. The number of rotatable bonds is 14. The molecule has 8 aromatic carbocycles. The maximum Gasteiger partial charge on any atom is 0.488 e. The normalized spacial score (nSPS) is 11.8. The van der Waals surface area contributed by atoms with E-state index in [1.54, 1.807) is 47.7 Å². The molecule has 0 aromatic heterocycles. The van der Waals surface area contributed by atoms with E-state index in [2.05, 4.69) is 13.8 Å². The van der Waals surface area contributed by atoms with E-state index in [1.807, 2.05) is 76.2 Å². The highest BCUT2D eigenvalue weighted by molar-refractivity contribution is 14.1. The maximum atomic E-state index is 15.1. The number of hydrogen-bond donors (Lipinski definition) is 2. The van der Waals surface area contributed by atoms with Crippen molar-refractivity contribution < 1.29 is 49.6 Å². The van der Waals surface area contributed by atoms with Gasteiger partial charge in [0.15, 0.2) is 23.3 Å². The molecule has 2 nitrogen and oxygen atoms in total. The average molecular weight is 1160 g/mol. The van der Waals surface area contributed by atoms with E-state index in [-0.39, 0.29) is 60.2 Å². The maximum absolute atomic E-state index is 15.1. The summed E-state index contributed by atoms with van der Waals surface area (Å²) in [6, 6.07) is 34.2. The van der Waals surface area contributed by atoms with Crippen molar-refractivity contribution in [1.82, 2.24) is 0 Å². The molecule has 2 atom stereocenters. The predicted octanol–water partition coefficient (Wildman–Crippen LogP) is 17.8. The summed E-state index contributed by atoms with van der Waals surface area (Å²) < 4.78 is 131. The van der Waals surface area contributed by atoms with Gasteiger partial charge in [-0.05, 0) is 162 Å². The Balaban J connectivity index is 0.000000201. The van der Waals surface area contributed by atoms with E-state index in [0.29, 0.717) is 41.4 Å². The summed E-state index contributed by atoms with van der Waals surface area (Å²) in [6.45, 7) is 14.0. The van der Waals surface area contributed by atoms with Crippen LogP contribution in [-0.4, -0.2) is 17.2 Å². The third kappa shape index (κ3) is 14.7. The molecule has 396 valence electrons. The molecule has 0 unspecified atom stereocenters. The molecular formula is C63H59BF9IO2. The van der Waals surface area contributed by atoms with Gasteiger partial charge in [-0.3, -0.25) is 0 Å². The van der Waals surface area contributed by atoms with E-state index < -0.39 is 53.7 Å². The smallest absolute Gasteiger partial charge is 0.423 e. The summed E-state index contributed by atoms with van der Waals surface area (Å²) in [5.41, 5.74) is 5.97. The number of hydrogen-bond acceptors (Lipinski definition) is 2. The summed E-state index contributed by atoms with van der Waals surface area (Å²) >= 11 is 1.70. The second-order valence-corrected chi connectivity index (χ2v) is 20.5. The molecule has 0 radical (unpaired) electrons. The molecule has 8 rings (SSSR count). The highest BCUT2D eigenvalue weighted by Gasteiger charge is 2.22. The molecule has 0 fully saturated rings. The van der Waals surface area contributed by atoms with Gasteiger partial charge in [0, 0.05) is 33.4 Å². The van der Waals surface area contributed by atoms with Gasteiger partial charge < -0.3 is 10.0 Å². The Morgan fingerprint density at radius 3 is 1.21 bits per heavy atom. The fourth-order valence-corrected chi connectivity index (χ4v) is 8.90. The summed E-state index contributed by atoms with van der Waals surface area (Å²) in [6.07, 6.45) is 4.49. The van der Waals surface area contributed by atoms with Gasteiger partial charge in [0.05, 0.1) is 3.57 Å². The first-order valence-corrected chi connectivity index (χ1v) is 26.2. The van der Waals surface area contributed by atoms with Gasteiger partial charge in [0.2, 0.25) is 0 Å². The number of halogens is 10. The minimum atomic E-state index is -1.60. The third-order valence-electron chi connectivity index (χ3n) is 13.8. The molecule has 0 bridgehead atoms. The summed E-state index contributed by atoms with van der Waals surface area (Å²) in [5.74, 6) is -6.88. The van der Waals surface area contributed by atoms with Crippen molar-refractivity contribution in [1.29, 1.82) is 0 Å². The molecule has 0 spiro atoms. The average Bonchev–Trinajstić information content (AvgIpc) is 3.40. The topological polar surface area (TPSA) is 40.5 Å². The summed E-state index contributed by atoms with van der Waals surface area (Å²) in [4.78, 5) is 0. The Morgan fingerprint density at radius 2 is 0.776 bits per heavy atom. The zero-order valence-corrected chi connectivity index (χ0v) is 45.5. The van der Waals surface area contributed by atoms with Crippen LogP contribution in [0.4, 0.5) is 39.5 Å². The van der Waals surface area contributed by atoms with Crippen LogP contribution in [0.15, 0.2) is 133 Å². The Labute approximate surface area is 454 Å². The van der Waals surface area contributed by atoms with Crippen molar-refractivity contribution in [3.05, 3.63) is 217 Å². The lowest BCUT2D eigenvalue weighted by Gasteiger charge is -2.13. The van der Waals surface area contributed by atoms with Gasteiger partial charge >= 0.3 is 7.12 Å². The van der Waals surface area contributed by atoms with Crippen LogP contribution in [-0.2, 0) is 12.8 Å². The molecule has 2 N–H and O–H groups in total. The van der Waals surface area contributed by atoms with Gasteiger partial charge in [-0.1, -0.05) is 149 Å². The zero-order valence-electron chi connectivity index (χ0n) is 43.4. The monoisotopic (exact) mass is 1160 g/mol. The minimum absolute atomic E-state index is 0.0497. The molecule has 0 heterocycles. The van der Waals surface area contributed by atoms with Gasteiger partial charge in [-0.2, -0.15) is 0 Å². The fourth-order valence-electron chi connectivity index (χ4n) is 8.49. The van der Waals surface area contributed by atoms with Gasteiger partial charge in [0.1, 0.15) is 29.1 Å². The third-order valence-corrected chi connectivity index (χ3v) is 14.6. The van der Waals surface area contributed by atoms with Crippen LogP contribution < -0.4 is 5.46 Å². The highest BCUT2D eigenvalue weighted by Crippen LogP contribution is 2.36. The molecule has 0 aliphatic carbocycles. The van der Waals surface area contributed by atoms with Crippen LogP contribution in [0.2, 0.25) is 0 Å². The Morgan fingerprint density at radius 1 is 0.408 bits per heavy atom. The SMILES string of the molecule is CC[C@H](C)CCc1c(C)cc(B(O)O)cc1F.CC[C@H](C)CCc1c(F)cc(-c2ccc(-c3ccc(-c4ccc(C)cc4)cc3F)c(F)c2F)cc1F.Cc1ccc(-c2ccc(-c3ccc(I)c(F)c3F)c(F)c2)cc1. The van der Waals surface area contributed by atoms with Gasteiger partial charge in [0.25, 0.3) is 0 Å². The van der Waals surface area contributed by atoms with E-state index in [4.69, 9.17) is 10.0 Å². The molecule has 0 aliphatic rings. The lowest BCUT2D eigenvalue weighted by atomic mass is 9.78. The highest BCUT2D eigenvalue weighted by atomic mass is 127. The predicted molar refractivity (Wildman–Crippen MR) is 298 cm³/mol. The van der Waals surface area contributed by atoms with Gasteiger partial charge in [-0.15, -0.1) is 0 Å². The summed E-state index contributed by atoms with van der Waals surface area (Å²) in [7, 11) is -1.60. The Hall–Kier alpha value is -6.16. The van der Waals surface area contributed by atoms with E-state index in [0.717, 1.165) is 59.2 Å². The van der Waals surface area contributed by atoms with Crippen LogP contribution in [0.1, 0.15) is 81.2 Å². The van der Waals surface area contributed by atoms with Crippen LogP contribution >= 0.6 is 22.6 Å². The van der Waals surface area contributed by atoms with Crippen LogP contribution in [0.5, 0.6) is 0 Å². The molecule has 13 heteroatoms. The molecule has 0 saturated carbocycles.